The number of carbonyl (C=O) groups is 1. The van der Waals surface area contributed by atoms with E-state index in [0.29, 0.717) is 5.69 Å². The number of anilines is 1. The summed E-state index contributed by atoms with van der Waals surface area (Å²) in [5.74, 6) is 0. The quantitative estimate of drug-likeness (QED) is 0.849. The molecule has 2 N–H and O–H groups in total. The molecule has 2 aromatic carbocycles. The Morgan fingerprint density at radius 3 is 2.05 bits per heavy atom. The van der Waals surface area contributed by atoms with Gasteiger partial charge in [-0.25, -0.2) is 13.2 Å². The number of nitrogens with zero attached hydrogens (tertiary/aromatic N) is 1. The fraction of sp³-hybridized carbons (Fsp3) is 0.0714. The first-order chi connectivity index (χ1) is 10.00. The van der Waals surface area contributed by atoms with E-state index in [1.807, 2.05) is 6.07 Å². The molecule has 0 spiro atoms. The van der Waals surface area contributed by atoms with E-state index in [1.54, 1.807) is 42.5 Å². The molecule has 0 atom stereocenters. The SMILES string of the molecule is CN(NC(=O)Nc1ccccc1)S(=O)(=O)c1ccccc1. The molecule has 0 heterocycles. The molecule has 0 aliphatic heterocycles. The average Bonchev–Trinajstić information content (AvgIpc) is 2.49. The monoisotopic (exact) mass is 305 g/mol. The Kier molecular flexibility index (Phi) is 4.56. The Hall–Kier alpha value is -2.38. The van der Waals surface area contributed by atoms with Crippen LogP contribution in [0.25, 0.3) is 0 Å². The van der Waals surface area contributed by atoms with Crippen molar-refractivity contribution < 1.29 is 13.2 Å². The van der Waals surface area contributed by atoms with Crippen molar-refractivity contribution >= 4 is 21.7 Å². The second-order valence-corrected chi connectivity index (χ2v) is 6.19. The van der Waals surface area contributed by atoms with Gasteiger partial charge in [0.1, 0.15) is 0 Å². The number of urea groups is 1. The molecule has 0 aromatic heterocycles. The number of sulfonamides is 1. The van der Waals surface area contributed by atoms with E-state index >= 15 is 0 Å². The summed E-state index contributed by atoms with van der Waals surface area (Å²) in [6, 6.07) is 16.0. The largest absolute Gasteiger partial charge is 0.334 e. The normalized spacial score (nSPS) is 11.1. The first-order valence-electron chi connectivity index (χ1n) is 6.17. The lowest BCUT2D eigenvalue weighted by molar-refractivity contribution is 0.237. The molecule has 0 saturated carbocycles. The Morgan fingerprint density at radius 1 is 0.952 bits per heavy atom. The summed E-state index contributed by atoms with van der Waals surface area (Å²) >= 11 is 0. The molecule has 21 heavy (non-hydrogen) atoms. The van der Waals surface area contributed by atoms with E-state index in [-0.39, 0.29) is 4.90 Å². The second-order valence-electron chi connectivity index (χ2n) is 4.22. The molecule has 2 rings (SSSR count). The third-order valence-electron chi connectivity index (χ3n) is 2.69. The van der Waals surface area contributed by atoms with Gasteiger partial charge in [0.05, 0.1) is 4.90 Å². The number of benzene rings is 2. The number of hydrazine groups is 1. The van der Waals surface area contributed by atoms with Crippen LogP contribution in [0.3, 0.4) is 0 Å². The maximum atomic E-state index is 12.2. The van der Waals surface area contributed by atoms with Crippen LogP contribution in [0.1, 0.15) is 0 Å². The topological polar surface area (TPSA) is 78.5 Å². The van der Waals surface area contributed by atoms with Gasteiger partial charge in [-0.1, -0.05) is 36.4 Å². The highest BCUT2D eigenvalue weighted by molar-refractivity contribution is 7.89. The van der Waals surface area contributed by atoms with E-state index in [1.165, 1.54) is 19.2 Å². The van der Waals surface area contributed by atoms with Crippen LogP contribution in [0.2, 0.25) is 0 Å². The van der Waals surface area contributed by atoms with Crippen molar-refractivity contribution in [2.75, 3.05) is 12.4 Å². The lowest BCUT2D eigenvalue weighted by atomic mass is 10.3. The van der Waals surface area contributed by atoms with E-state index in [2.05, 4.69) is 10.7 Å². The Labute approximate surface area is 123 Å². The number of para-hydroxylation sites is 1. The molecule has 2 amide bonds. The van der Waals surface area contributed by atoms with E-state index in [4.69, 9.17) is 0 Å². The van der Waals surface area contributed by atoms with Gasteiger partial charge in [0, 0.05) is 12.7 Å². The summed E-state index contributed by atoms with van der Waals surface area (Å²) in [5.41, 5.74) is 2.83. The maximum absolute atomic E-state index is 12.2. The van der Waals surface area contributed by atoms with Crippen molar-refractivity contribution in [2.24, 2.45) is 0 Å². The fourth-order valence-electron chi connectivity index (χ4n) is 1.63. The van der Waals surface area contributed by atoms with Gasteiger partial charge in [-0.05, 0) is 24.3 Å². The lowest BCUT2D eigenvalue weighted by Crippen LogP contribution is -2.45. The van der Waals surface area contributed by atoms with E-state index in [0.717, 1.165) is 4.41 Å². The molecular weight excluding hydrogens is 290 g/mol. The zero-order chi connectivity index (χ0) is 15.3. The molecule has 0 saturated heterocycles. The summed E-state index contributed by atoms with van der Waals surface area (Å²) in [5, 5.41) is 2.54. The van der Waals surface area contributed by atoms with Crippen LogP contribution in [0.4, 0.5) is 10.5 Å². The Balaban J connectivity index is 2.04. The predicted octanol–water partition coefficient (Wildman–Crippen LogP) is 2.04. The van der Waals surface area contributed by atoms with Gasteiger partial charge in [-0.15, -0.1) is 4.41 Å². The number of rotatable bonds is 4. The summed E-state index contributed by atoms with van der Waals surface area (Å²) < 4.78 is 25.2. The van der Waals surface area contributed by atoms with Crippen molar-refractivity contribution in [1.82, 2.24) is 9.84 Å². The van der Waals surface area contributed by atoms with Crippen molar-refractivity contribution in [3.05, 3.63) is 60.7 Å². The van der Waals surface area contributed by atoms with Gasteiger partial charge in [0.15, 0.2) is 0 Å². The van der Waals surface area contributed by atoms with Crippen LogP contribution in [0.15, 0.2) is 65.6 Å². The molecule has 0 aliphatic carbocycles. The molecule has 0 radical (unpaired) electrons. The van der Waals surface area contributed by atoms with Gasteiger partial charge < -0.3 is 5.32 Å². The van der Waals surface area contributed by atoms with Crippen molar-refractivity contribution in [3.63, 3.8) is 0 Å². The summed E-state index contributed by atoms with van der Waals surface area (Å²) in [7, 11) is -2.49. The van der Waals surface area contributed by atoms with Gasteiger partial charge in [-0.3, -0.25) is 5.43 Å². The summed E-state index contributed by atoms with van der Waals surface area (Å²) in [6.45, 7) is 0. The summed E-state index contributed by atoms with van der Waals surface area (Å²) in [6.07, 6.45) is 0. The van der Waals surface area contributed by atoms with Crippen LogP contribution in [0, 0.1) is 0 Å². The number of amides is 2. The first kappa shape index (κ1) is 15.0. The minimum atomic E-state index is -3.76. The number of hydrogen-bond donors (Lipinski definition) is 2. The van der Waals surface area contributed by atoms with Gasteiger partial charge in [0.25, 0.3) is 10.0 Å². The standard InChI is InChI=1S/C14H15N3O3S/c1-17(21(19,20)13-10-6-3-7-11-13)16-14(18)15-12-8-4-2-5-9-12/h2-11H,1H3,(H2,15,16,18). The average molecular weight is 305 g/mol. The molecule has 7 heteroatoms. The van der Waals surface area contributed by atoms with Crippen LogP contribution in [0.5, 0.6) is 0 Å². The van der Waals surface area contributed by atoms with E-state index < -0.39 is 16.1 Å². The van der Waals surface area contributed by atoms with Gasteiger partial charge in [-0.2, -0.15) is 0 Å². The number of hydrogen-bond acceptors (Lipinski definition) is 3. The van der Waals surface area contributed by atoms with Crippen LogP contribution >= 0.6 is 0 Å². The molecule has 0 aliphatic rings. The van der Waals surface area contributed by atoms with Crippen molar-refractivity contribution in [1.29, 1.82) is 0 Å². The minimum Gasteiger partial charge on any atom is -0.307 e. The third kappa shape index (κ3) is 3.80. The highest BCUT2D eigenvalue weighted by atomic mass is 32.2. The molecule has 0 bridgehead atoms. The van der Waals surface area contributed by atoms with Crippen molar-refractivity contribution in [3.8, 4) is 0 Å². The Bertz CT molecular complexity index is 703. The fourth-order valence-corrected chi connectivity index (χ4v) is 2.65. The molecular formula is C14H15N3O3S. The summed E-state index contributed by atoms with van der Waals surface area (Å²) in [4.78, 5) is 11.9. The smallest absolute Gasteiger partial charge is 0.307 e. The molecule has 0 fully saturated rings. The Morgan fingerprint density at radius 2 is 1.48 bits per heavy atom. The van der Waals surface area contributed by atoms with Crippen LogP contribution in [-0.4, -0.2) is 25.9 Å². The molecule has 0 unspecified atom stereocenters. The molecule has 6 nitrogen and oxygen atoms in total. The zero-order valence-electron chi connectivity index (χ0n) is 11.4. The van der Waals surface area contributed by atoms with Crippen LogP contribution < -0.4 is 10.7 Å². The van der Waals surface area contributed by atoms with Gasteiger partial charge in [0.2, 0.25) is 0 Å². The van der Waals surface area contributed by atoms with Crippen molar-refractivity contribution in [2.45, 2.75) is 4.90 Å². The second kappa shape index (κ2) is 6.38. The maximum Gasteiger partial charge on any atom is 0.334 e. The van der Waals surface area contributed by atoms with Crippen LogP contribution in [-0.2, 0) is 10.0 Å². The zero-order valence-corrected chi connectivity index (χ0v) is 12.2. The highest BCUT2D eigenvalue weighted by Crippen LogP contribution is 2.12. The van der Waals surface area contributed by atoms with Gasteiger partial charge >= 0.3 is 6.03 Å². The lowest BCUT2D eigenvalue weighted by Gasteiger charge is -2.18. The third-order valence-corrected chi connectivity index (χ3v) is 4.37. The molecule has 2 aromatic rings. The highest BCUT2D eigenvalue weighted by Gasteiger charge is 2.21. The van der Waals surface area contributed by atoms with E-state index in [9.17, 15) is 13.2 Å². The minimum absolute atomic E-state index is 0.104. The predicted molar refractivity (Wildman–Crippen MR) is 80.0 cm³/mol. The first-order valence-corrected chi connectivity index (χ1v) is 7.61. The number of carbonyl (C=O) groups excluding carboxylic acids is 1. The number of nitrogens with one attached hydrogen (secondary N) is 2. The molecule has 110 valence electrons.